The number of nitrogens with zero attached hydrogens (tertiary/aromatic N) is 1. The molecule has 0 bridgehead atoms. The van der Waals surface area contributed by atoms with Gasteiger partial charge in [-0.05, 0) is 48.6 Å². The van der Waals surface area contributed by atoms with Crippen LogP contribution in [0.1, 0.15) is 52.0 Å². The van der Waals surface area contributed by atoms with E-state index >= 15 is 0 Å². The van der Waals surface area contributed by atoms with Crippen LogP contribution in [0.15, 0.2) is 42.5 Å². The monoisotopic (exact) mass is 436 g/mol. The number of carboxylic acids is 1. The zero-order valence-corrected chi connectivity index (χ0v) is 17.4. The highest BCUT2D eigenvalue weighted by molar-refractivity contribution is 6.21. The average Bonchev–Trinajstić information content (AvgIpc) is 3.01. The molecule has 1 saturated carbocycles. The van der Waals surface area contributed by atoms with Gasteiger partial charge < -0.3 is 15.5 Å². The normalized spacial score (nSPS) is 20.2. The molecule has 0 aromatic heterocycles. The number of phenolic OH excluding ortho intramolecular Hbond substituents is 1. The largest absolute Gasteiger partial charge is 0.506 e. The first-order valence-electron chi connectivity index (χ1n) is 10.6. The first-order chi connectivity index (χ1) is 15.3. The molecular formula is C24H24N2O6. The number of aliphatic carboxylic acids is 1. The van der Waals surface area contributed by atoms with E-state index in [1.165, 1.54) is 23.1 Å². The van der Waals surface area contributed by atoms with Crippen LogP contribution in [0.2, 0.25) is 0 Å². The molecule has 0 spiro atoms. The van der Waals surface area contributed by atoms with Crippen molar-refractivity contribution in [3.05, 3.63) is 59.2 Å². The molecule has 2 aromatic carbocycles. The van der Waals surface area contributed by atoms with Gasteiger partial charge in [0.2, 0.25) is 5.91 Å². The summed E-state index contributed by atoms with van der Waals surface area (Å²) in [7, 11) is 0. The Balaban J connectivity index is 1.50. The van der Waals surface area contributed by atoms with Gasteiger partial charge in [0.15, 0.2) is 0 Å². The molecule has 8 nitrogen and oxygen atoms in total. The van der Waals surface area contributed by atoms with Crippen LogP contribution in [0, 0.1) is 11.8 Å². The van der Waals surface area contributed by atoms with Gasteiger partial charge in [0, 0.05) is 12.5 Å². The lowest BCUT2D eigenvalue weighted by molar-refractivity contribution is -0.136. The molecule has 0 radical (unpaired) electrons. The van der Waals surface area contributed by atoms with E-state index < -0.39 is 11.9 Å². The van der Waals surface area contributed by atoms with E-state index in [0.717, 1.165) is 12.8 Å². The Kier molecular flexibility index (Phi) is 5.94. The summed E-state index contributed by atoms with van der Waals surface area (Å²) in [5.41, 5.74) is 1.37. The lowest BCUT2D eigenvalue weighted by Gasteiger charge is -2.32. The molecular weight excluding hydrogens is 412 g/mol. The van der Waals surface area contributed by atoms with Gasteiger partial charge in [-0.15, -0.1) is 0 Å². The quantitative estimate of drug-likeness (QED) is 0.472. The molecule has 3 N–H and O–H groups in total. The van der Waals surface area contributed by atoms with Crippen molar-refractivity contribution in [2.75, 3.05) is 11.9 Å². The highest BCUT2D eigenvalue weighted by Gasteiger charge is 2.40. The van der Waals surface area contributed by atoms with Crippen LogP contribution >= 0.6 is 0 Å². The third kappa shape index (κ3) is 4.21. The molecule has 32 heavy (non-hydrogen) atoms. The molecule has 1 fully saturated rings. The molecule has 2 aliphatic rings. The number of carboxylic acid groups (broad SMARTS) is 1. The molecule has 2 aromatic rings. The highest BCUT2D eigenvalue weighted by Crippen LogP contribution is 2.35. The third-order valence-electron chi connectivity index (χ3n) is 6.22. The minimum absolute atomic E-state index is 0.152. The van der Waals surface area contributed by atoms with Crippen molar-refractivity contribution in [2.45, 2.75) is 32.1 Å². The van der Waals surface area contributed by atoms with Gasteiger partial charge in [-0.3, -0.25) is 24.1 Å². The van der Waals surface area contributed by atoms with Crippen LogP contribution in [0.3, 0.4) is 0 Å². The fourth-order valence-corrected chi connectivity index (χ4v) is 4.60. The predicted molar refractivity (Wildman–Crippen MR) is 115 cm³/mol. The van der Waals surface area contributed by atoms with E-state index in [1.54, 1.807) is 24.3 Å². The molecule has 166 valence electrons. The molecule has 2 atom stereocenters. The lowest BCUT2D eigenvalue weighted by atomic mass is 9.78. The summed E-state index contributed by atoms with van der Waals surface area (Å²) in [6.07, 6.45) is 2.83. The fraction of sp³-hybridized carbons (Fsp3) is 0.333. The number of imide groups is 1. The van der Waals surface area contributed by atoms with Gasteiger partial charge in [0.05, 0.1) is 23.2 Å². The zero-order chi connectivity index (χ0) is 22.8. The number of rotatable bonds is 6. The molecule has 3 amide bonds. The van der Waals surface area contributed by atoms with Gasteiger partial charge in [-0.2, -0.15) is 0 Å². The van der Waals surface area contributed by atoms with E-state index in [9.17, 15) is 24.3 Å². The minimum atomic E-state index is -1.01. The van der Waals surface area contributed by atoms with Crippen LogP contribution in [-0.2, 0) is 16.0 Å². The molecule has 8 heteroatoms. The topological polar surface area (TPSA) is 124 Å². The Labute approximate surface area is 184 Å². The summed E-state index contributed by atoms with van der Waals surface area (Å²) in [5.74, 6) is -2.79. The number of anilines is 1. The molecule has 0 saturated heterocycles. The Morgan fingerprint density at radius 3 is 2.31 bits per heavy atom. The second-order valence-corrected chi connectivity index (χ2v) is 8.33. The van der Waals surface area contributed by atoms with Crippen molar-refractivity contribution in [1.82, 2.24) is 4.90 Å². The van der Waals surface area contributed by atoms with Gasteiger partial charge in [-0.25, -0.2) is 0 Å². The summed E-state index contributed by atoms with van der Waals surface area (Å²) in [4.78, 5) is 50.8. The fourth-order valence-electron chi connectivity index (χ4n) is 4.60. The van der Waals surface area contributed by atoms with Gasteiger partial charge in [0.25, 0.3) is 11.8 Å². The lowest BCUT2D eigenvalue weighted by Crippen LogP contribution is -2.41. The van der Waals surface area contributed by atoms with Crippen LogP contribution < -0.4 is 5.32 Å². The van der Waals surface area contributed by atoms with Crippen molar-refractivity contribution >= 4 is 29.4 Å². The van der Waals surface area contributed by atoms with Crippen molar-refractivity contribution in [3.63, 3.8) is 0 Å². The van der Waals surface area contributed by atoms with Crippen LogP contribution in [0.25, 0.3) is 0 Å². The van der Waals surface area contributed by atoms with Gasteiger partial charge in [-0.1, -0.05) is 31.0 Å². The molecule has 1 aliphatic carbocycles. The number of hydrogen-bond donors (Lipinski definition) is 3. The Morgan fingerprint density at radius 2 is 1.66 bits per heavy atom. The maximum absolute atomic E-state index is 13.1. The standard InChI is InChI=1S/C24H24N2O6/c27-20-10-9-14(12-21(28)29)11-19(20)25-22(30)16-6-2-1-5-15(16)13-26-23(31)17-7-3-4-8-18(17)24(26)32/h3-4,7-11,15-16,27H,1-2,5-6,12-13H2,(H,25,30)(H,28,29). The summed E-state index contributed by atoms with van der Waals surface area (Å²) >= 11 is 0. The Hall–Kier alpha value is -3.68. The molecule has 1 heterocycles. The SMILES string of the molecule is O=C(O)Cc1ccc(O)c(NC(=O)C2CCCCC2CN2C(=O)c3ccccc3C2=O)c1. The maximum Gasteiger partial charge on any atom is 0.307 e. The average molecular weight is 436 g/mol. The van der Waals surface area contributed by atoms with Gasteiger partial charge >= 0.3 is 5.97 Å². The van der Waals surface area contributed by atoms with Crippen molar-refractivity contribution in [3.8, 4) is 5.75 Å². The zero-order valence-electron chi connectivity index (χ0n) is 17.4. The van der Waals surface area contributed by atoms with E-state index in [2.05, 4.69) is 5.32 Å². The first kappa shape index (κ1) is 21.5. The van der Waals surface area contributed by atoms with E-state index in [4.69, 9.17) is 5.11 Å². The van der Waals surface area contributed by atoms with Crippen molar-refractivity contribution in [1.29, 1.82) is 0 Å². The summed E-state index contributed by atoms with van der Waals surface area (Å²) < 4.78 is 0. The van der Waals surface area contributed by atoms with Crippen LogP contribution in [0.4, 0.5) is 5.69 Å². The van der Waals surface area contributed by atoms with E-state index in [1.807, 2.05) is 0 Å². The second-order valence-electron chi connectivity index (χ2n) is 8.33. The van der Waals surface area contributed by atoms with E-state index in [0.29, 0.717) is 29.5 Å². The number of carbonyl (C=O) groups excluding carboxylic acids is 3. The molecule has 2 unspecified atom stereocenters. The second kappa shape index (κ2) is 8.82. The minimum Gasteiger partial charge on any atom is -0.506 e. The number of carbonyl (C=O) groups is 4. The first-order valence-corrected chi connectivity index (χ1v) is 10.6. The number of phenols is 1. The Morgan fingerprint density at radius 1 is 1.00 bits per heavy atom. The van der Waals surface area contributed by atoms with E-state index in [-0.39, 0.29) is 48.0 Å². The summed E-state index contributed by atoms with van der Waals surface area (Å²) in [6.45, 7) is 0.162. The number of hydrogen-bond acceptors (Lipinski definition) is 5. The highest BCUT2D eigenvalue weighted by atomic mass is 16.4. The summed E-state index contributed by atoms with van der Waals surface area (Å²) in [5, 5.41) is 21.8. The van der Waals surface area contributed by atoms with Crippen LogP contribution in [0.5, 0.6) is 5.75 Å². The third-order valence-corrected chi connectivity index (χ3v) is 6.22. The van der Waals surface area contributed by atoms with Crippen LogP contribution in [-0.4, -0.2) is 45.3 Å². The molecule has 1 aliphatic heterocycles. The molecule has 4 rings (SSSR count). The van der Waals surface area contributed by atoms with Crippen molar-refractivity contribution in [2.24, 2.45) is 11.8 Å². The number of amides is 3. The summed E-state index contributed by atoms with van der Waals surface area (Å²) in [6, 6.07) is 11.0. The van der Waals surface area contributed by atoms with Gasteiger partial charge in [0.1, 0.15) is 5.75 Å². The van der Waals surface area contributed by atoms with Crippen molar-refractivity contribution < 1.29 is 29.4 Å². The number of aromatic hydroxyl groups is 1. The number of fused-ring (bicyclic) bond motifs is 1. The maximum atomic E-state index is 13.1. The Bertz CT molecular complexity index is 1060. The number of nitrogens with one attached hydrogen (secondary N) is 1. The number of benzene rings is 2. The smallest absolute Gasteiger partial charge is 0.307 e. The predicted octanol–water partition coefficient (Wildman–Crippen LogP) is 3.06.